The van der Waals surface area contributed by atoms with Crippen LogP contribution in [0.5, 0.6) is 0 Å². The Kier molecular flexibility index (Phi) is 7.09. The summed E-state index contributed by atoms with van der Waals surface area (Å²) in [6, 6.07) is 18.7. The molecule has 1 amide bonds. The van der Waals surface area contributed by atoms with E-state index in [1.54, 1.807) is 12.1 Å². The Balaban J connectivity index is 1.30. The molecule has 0 radical (unpaired) electrons. The standard InChI is InChI=1S/C29H32FN3O2/c1-21-26(7-3-9-28(21)32-15-17-35-18-16-32)29(34)33-14-4-5-23(20-33)27-8-2-6-25(31-27)19-22-10-12-24(30)13-11-22/h2-3,6-13,23H,4-5,14-20H2,1H3/t23-/m0/s1. The van der Waals surface area contributed by atoms with Crippen LogP contribution in [0.25, 0.3) is 0 Å². The first kappa shape index (κ1) is 23.5. The monoisotopic (exact) mass is 473 g/mol. The molecule has 0 spiro atoms. The second-order valence-corrected chi connectivity index (χ2v) is 9.50. The maximum atomic E-state index is 13.6. The Bertz CT molecular complexity index is 1170. The number of halogens is 1. The van der Waals surface area contributed by atoms with E-state index in [2.05, 4.69) is 24.0 Å². The zero-order valence-electron chi connectivity index (χ0n) is 20.3. The van der Waals surface area contributed by atoms with Gasteiger partial charge in [-0.2, -0.15) is 0 Å². The van der Waals surface area contributed by atoms with E-state index in [4.69, 9.17) is 9.72 Å². The van der Waals surface area contributed by atoms with Gasteiger partial charge in [-0.25, -0.2) is 4.39 Å². The second-order valence-electron chi connectivity index (χ2n) is 9.50. The lowest BCUT2D eigenvalue weighted by molar-refractivity contribution is 0.0705. The molecule has 0 aliphatic carbocycles. The van der Waals surface area contributed by atoms with Crippen LogP contribution in [0.4, 0.5) is 10.1 Å². The SMILES string of the molecule is Cc1c(C(=O)N2CCC[C@H](c3cccc(Cc4ccc(F)cc4)n3)C2)cccc1N1CCOCC1. The summed E-state index contributed by atoms with van der Waals surface area (Å²) < 4.78 is 18.7. The van der Waals surface area contributed by atoms with Crippen molar-refractivity contribution in [2.24, 2.45) is 0 Å². The summed E-state index contributed by atoms with van der Waals surface area (Å²) in [5.41, 5.74) is 5.98. The molecule has 35 heavy (non-hydrogen) atoms. The third kappa shape index (κ3) is 5.38. The quantitative estimate of drug-likeness (QED) is 0.525. The number of nitrogens with zero attached hydrogens (tertiary/aromatic N) is 3. The fourth-order valence-corrected chi connectivity index (χ4v) is 5.21. The molecule has 2 aliphatic rings. The molecule has 0 bridgehead atoms. The van der Waals surface area contributed by atoms with Crippen LogP contribution in [0.15, 0.2) is 60.7 Å². The number of amides is 1. The molecule has 5 rings (SSSR count). The van der Waals surface area contributed by atoms with Gasteiger partial charge in [-0.1, -0.05) is 24.3 Å². The van der Waals surface area contributed by atoms with E-state index in [1.165, 1.54) is 12.1 Å². The average molecular weight is 474 g/mol. The van der Waals surface area contributed by atoms with Gasteiger partial charge in [0.15, 0.2) is 0 Å². The lowest BCUT2D eigenvalue weighted by Crippen LogP contribution is -2.40. The highest BCUT2D eigenvalue weighted by molar-refractivity contribution is 5.97. The number of aromatic nitrogens is 1. The van der Waals surface area contributed by atoms with Crippen LogP contribution in [-0.4, -0.2) is 55.2 Å². The van der Waals surface area contributed by atoms with E-state index >= 15 is 0 Å². The van der Waals surface area contributed by atoms with E-state index in [0.717, 1.165) is 79.5 Å². The number of carbonyl (C=O) groups excluding carboxylic acids is 1. The zero-order chi connectivity index (χ0) is 24.2. The summed E-state index contributed by atoms with van der Waals surface area (Å²) in [5.74, 6) is 0.0847. The molecule has 2 aromatic carbocycles. The van der Waals surface area contributed by atoms with Gasteiger partial charge in [-0.05, 0) is 67.3 Å². The van der Waals surface area contributed by atoms with Gasteiger partial charge in [-0.15, -0.1) is 0 Å². The topological polar surface area (TPSA) is 45.7 Å². The molecule has 0 unspecified atom stereocenters. The van der Waals surface area contributed by atoms with Crippen LogP contribution in [0.1, 0.15) is 51.6 Å². The lowest BCUT2D eigenvalue weighted by Gasteiger charge is -2.34. The van der Waals surface area contributed by atoms with Crippen molar-refractivity contribution in [3.05, 3.63) is 94.6 Å². The zero-order valence-corrected chi connectivity index (χ0v) is 20.3. The molecule has 2 saturated heterocycles. The largest absolute Gasteiger partial charge is 0.378 e. The first-order chi connectivity index (χ1) is 17.1. The number of morpholine rings is 1. The molecule has 0 N–H and O–H groups in total. The van der Waals surface area contributed by atoms with Crippen LogP contribution in [0.3, 0.4) is 0 Å². The van der Waals surface area contributed by atoms with Gasteiger partial charge in [-0.3, -0.25) is 9.78 Å². The fraction of sp³-hybridized carbons (Fsp3) is 0.379. The molecule has 5 nitrogen and oxygen atoms in total. The van der Waals surface area contributed by atoms with Gasteiger partial charge in [0.25, 0.3) is 5.91 Å². The number of likely N-dealkylation sites (tertiary alicyclic amines) is 1. The van der Waals surface area contributed by atoms with Crippen molar-refractivity contribution in [1.29, 1.82) is 0 Å². The van der Waals surface area contributed by atoms with Gasteiger partial charge in [0, 0.05) is 61.2 Å². The van der Waals surface area contributed by atoms with Crippen molar-refractivity contribution in [2.45, 2.75) is 32.1 Å². The second kappa shape index (κ2) is 10.6. The summed E-state index contributed by atoms with van der Waals surface area (Å²) in [5, 5.41) is 0. The highest BCUT2D eigenvalue weighted by Gasteiger charge is 2.28. The van der Waals surface area contributed by atoms with Crippen LogP contribution < -0.4 is 4.90 Å². The van der Waals surface area contributed by atoms with Crippen molar-refractivity contribution in [1.82, 2.24) is 9.88 Å². The Labute approximate surface area is 206 Å². The third-order valence-corrected chi connectivity index (χ3v) is 7.14. The van der Waals surface area contributed by atoms with Gasteiger partial charge < -0.3 is 14.5 Å². The molecule has 2 fully saturated rings. The number of piperidine rings is 1. The van der Waals surface area contributed by atoms with Gasteiger partial charge in [0.1, 0.15) is 5.82 Å². The van der Waals surface area contributed by atoms with Gasteiger partial charge in [0.2, 0.25) is 0 Å². The molecule has 1 atom stereocenters. The Morgan fingerprint density at radius 3 is 2.60 bits per heavy atom. The van der Waals surface area contributed by atoms with Crippen LogP contribution in [0, 0.1) is 12.7 Å². The van der Waals surface area contributed by atoms with E-state index < -0.39 is 0 Å². The van der Waals surface area contributed by atoms with Crippen LogP contribution in [-0.2, 0) is 11.2 Å². The van der Waals surface area contributed by atoms with E-state index in [-0.39, 0.29) is 17.6 Å². The molecule has 3 aromatic rings. The van der Waals surface area contributed by atoms with Gasteiger partial charge >= 0.3 is 0 Å². The molecule has 6 heteroatoms. The minimum absolute atomic E-state index is 0.102. The number of pyridine rings is 1. The molecule has 3 heterocycles. The van der Waals surface area contributed by atoms with Crippen molar-refractivity contribution in [3.63, 3.8) is 0 Å². The Morgan fingerprint density at radius 2 is 1.80 bits per heavy atom. The van der Waals surface area contributed by atoms with Crippen molar-refractivity contribution in [3.8, 4) is 0 Å². The molecule has 1 aromatic heterocycles. The number of ether oxygens (including phenoxy) is 1. The van der Waals surface area contributed by atoms with Crippen molar-refractivity contribution in [2.75, 3.05) is 44.3 Å². The first-order valence-electron chi connectivity index (χ1n) is 12.5. The highest BCUT2D eigenvalue weighted by Crippen LogP contribution is 2.30. The molecular formula is C29H32FN3O2. The fourth-order valence-electron chi connectivity index (χ4n) is 5.21. The van der Waals surface area contributed by atoms with E-state index in [1.807, 2.05) is 29.2 Å². The minimum atomic E-state index is -0.229. The van der Waals surface area contributed by atoms with E-state index in [0.29, 0.717) is 13.0 Å². The van der Waals surface area contributed by atoms with Crippen LogP contribution >= 0.6 is 0 Å². The van der Waals surface area contributed by atoms with E-state index in [9.17, 15) is 9.18 Å². The Hall–Kier alpha value is -3.25. The predicted octanol–water partition coefficient (Wildman–Crippen LogP) is 4.98. The third-order valence-electron chi connectivity index (χ3n) is 7.14. The maximum Gasteiger partial charge on any atom is 0.254 e. The average Bonchev–Trinajstić information content (AvgIpc) is 2.90. The smallest absolute Gasteiger partial charge is 0.254 e. The summed E-state index contributed by atoms with van der Waals surface area (Å²) in [6.45, 7) is 6.64. The summed E-state index contributed by atoms with van der Waals surface area (Å²) in [4.78, 5) is 22.8. The van der Waals surface area contributed by atoms with Crippen molar-refractivity contribution >= 4 is 11.6 Å². The molecule has 0 saturated carbocycles. The van der Waals surface area contributed by atoms with Crippen LogP contribution in [0.2, 0.25) is 0 Å². The number of carbonyl (C=O) groups is 1. The lowest BCUT2D eigenvalue weighted by atomic mass is 9.93. The predicted molar refractivity (Wildman–Crippen MR) is 136 cm³/mol. The molecule has 2 aliphatic heterocycles. The summed E-state index contributed by atoms with van der Waals surface area (Å²) in [7, 11) is 0. The summed E-state index contributed by atoms with van der Waals surface area (Å²) >= 11 is 0. The molecular weight excluding hydrogens is 441 g/mol. The molecule has 182 valence electrons. The number of hydrogen-bond donors (Lipinski definition) is 0. The summed E-state index contributed by atoms with van der Waals surface area (Å²) in [6.07, 6.45) is 2.64. The highest BCUT2D eigenvalue weighted by atomic mass is 19.1. The first-order valence-corrected chi connectivity index (χ1v) is 12.5. The number of anilines is 1. The van der Waals surface area contributed by atoms with Gasteiger partial charge in [0.05, 0.1) is 13.2 Å². The van der Waals surface area contributed by atoms with Crippen molar-refractivity contribution < 1.29 is 13.9 Å². The maximum absolute atomic E-state index is 13.6. The normalized spacial score (nSPS) is 18.5. The minimum Gasteiger partial charge on any atom is -0.378 e. The number of benzene rings is 2. The number of rotatable bonds is 5. The number of hydrogen-bond acceptors (Lipinski definition) is 4. The Morgan fingerprint density at radius 1 is 1.03 bits per heavy atom.